The van der Waals surface area contributed by atoms with E-state index in [9.17, 15) is 14.7 Å². The molecule has 2 amide bonds. The van der Waals surface area contributed by atoms with Gasteiger partial charge in [-0.3, -0.25) is 4.79 Å². The fraction of sp³-hybridized carbons (Fsp3) is 0.778. The highest BCUT2D eigenvalue weighted by Crippen LogP contribution is 2.24. The SMILES string of the molecule is C[C@@H]1CCC[N+]1(NC(=O)CCS)C(=O)O. The molecule has 0 bridgehead atoms. The highest BCUT2D eigenvalue weighted by atomic mass is 32.1. The average molecular weight is 233 g/mol. The summed E-state index contributed by atoms with van der Waals surface area (Å²) in [5.74, 6) is 0.181. The number of thiol groups is 1. The molecule has 2 atom stereocenters. The minimum Gasteiger partial charge on any atom is -0.434 e. The zero-order valence-corrected chi connectivity index (χ0v) is 9.67. The number of carboxylic acid groups (broad SMARTS) is 1. The number of carbonyl (C=O) groups is 2. The summed E-state index contributed by atoms with van der Waals surface area (Å²) in [4.78, 5) is 22.6. The Balaban J connectivity index is 2.74. The van der Waals surface area contributed by atoms with Crippen molar-refractivity contribution in [2.24, 2.45) is 0 Å². The van der Waals surface area contributed by atoms with Crippen LogP contribution in [-0.2, 0) is 4.79 Å². The number of hydrogen-bond acceptors (Lipinski definition) is 3. The van der Waals surface area contributed by atoms with E-state index >= 15 is 0 Å². The molecule has 1 aliphatic rings. The lowest BCUT2D eigenvalue weighted by Crippen LogP contribution is -2.64. The first-order valence-corrected chi connectivity index (χ1v) is 5.69. The molecule has 6 heteroatoms. The van der Waals surface area contributed by atoms with Crippen molar-refractivity contribution in [1.29, 1.82) is 0 Å². The molecule has 1 unspecified atom stereocenters. The number of quaternary nitrogens is 1. The number of hydrogen-bond donors (Lipinski definition) is 3. The standard InChI is InChI=1S/C9H16N2O3S/c1-7-3-2-5-11(7,9(13)14)10-8(12)4-6-15/h7H,2-6H2,1H3,(H2-,10,12,13,14,15)/p+1/t7-,11?/m1/s1. The topological polar surface area (TPSA) is 66.4 Å². The molecule has 0 spiro atoms. The van der Waals surface area contributed by atoms with Crippen molar-refractivity contribution in [3.05, 3.63) is 0 Å². The van der Waals surface area contributed by atoms with Gasteiger partial charge in [0.25, 0.3) is 5.91 Å². The highest BCUT2D eigenvalue weighted by Gasteiger charge is 2.48. The van der Waals surface area contributed by atoms with Crippen LogP contribution in [0.15, 0.2) is 0 Å². The first-order valence-electron chi connectivity index (χ1n) is 5.06. The minimum atomic E-state index is -0.979. The molecular weight excluding hydrogens is 216 g/mol. The summed E-state index contributed by atoms with van der Waals surface area (Å²) in [5, 5.41) is 9.19. The monoisotopic (exact) mass is 233 g/mol. The Hall–Kier alpha value is -0.750. The number of carbonyl (C=O) groups excluding carboxylic acids is 1. The van der Waals surface area contributed by atoms with E-state index < -0.39 is 6.09 Å². The van der Waals surface area contributed by atoms with Crippen LogP contribution >= 0.6 is 12.6 Å². The zero-order valence-electron chi connectivity index (χ0n) is 8.77. The summed E-state index contributed by atoms with van der Waals surface area (Å²) in [5.41, 5.74) is 2.59. The van der Waals surface area contributed by atoms with Crippen LogP contribution < -0.4 is 5.43 Å². The van der Waals surface area contributed by atoms with Gasteiger partial charge in [0.15, 0.2) is 0 Å². The minimum absolute atomic E-state index is 0.0635. The third kappa shape index (κ3) is 2.43. The largest absolute Gasteiger partial charge is 0.539 e. The average Bonchev–Trinajstić information content (AvgIpc) is 2.49. The Bertz CT molecular complexity index is 272. The van der Waals surface area contributed by atoms with E-state index in [1.165, 1.54) is 0 Å². The molecule has 0 saturated carbocycles. The molecule has 5 nitrogen and oxygen atoms in total. The smallest absolute Gasteiger partial charge is 0.434 e. The second-order valence-corrected chi connectivity index (χ2v) is 4.32. The predicted molar refractivity (Wildman–Crippen MR) is 58.5 cm³/mol. The third-order valence-corrected chi connectivity index (χ3v) is 3.11. The van der Waals surface area contributed by atoms with Crippen molar-refractivity contribution in [3.8, 4) is 0 Å². The van der Waals surface area contributed by atoms with Gasteiger partial charge in [-0.25, -0.2) is 0 Å². The summed E-state index contributed by atoms with van der Waals surface area (Å²) in [6.07, 6.45) is 0.929. The summed E-state index contributed by atoms with van der Waals surface area (Å²) in [7, 11) is 0. The summed E-state index contributed by atoms with van der Waals surface area (Å²) in [6, 6.07) is -0.0635. The Morgan fingerprint density at radius 1 is 1.60 bits per heavy atom. The molecule has 0 aliphatic carbocycles. The molecule has 15 heavy (non-hydrogen) atoms. The Labute approximate surface area is 94.4 Å². The van der Waals surface area contributed by atoms with E-state index in [-0.39, 0.29) is 23.0 Å². The van der Waals surface area contributed by atoms with Crippen molar-refractivity contribution >= 4 is 24.6 Å². The second-order valence-electron chi connectivity index (χ2n) is 3.87. The van der Waals surface area contributed by atoms with Crippen molar-refractivity contribution in [2.45, 2.75) is 32.2 Å². The lowest BCUT2D eigenvalue weighted by molar-refractivity contribution is -0.902. The fourth-order valence-corrected chi connectivity index (χ4v) is 2.16. The summed E-state index contributed by atoms with van der Waals surface area (Å²) < 4.78 is -0.327. The number of amides is 2. The van der Waals surface area contributed by atoms with Gasteiger partial charge in [0.2, 0.25) is 0 Å². The number of rotatable bonds is 2. The quantitative estimate of drug-likeness (QED) is 0.492. The number of nitrogens with one attached hydrogen (secondary N) is 1. The van der Waals surface area contributed by atoms with Crippen LogP contribution in [0.3, 0.4) is 0 Å². The van der Waals surface area contributed by atoms with Crippen LogP contribution in [0.4, 0.5) is 4.79 Å². The molecule has 1 rings (SSSR count). The summed E-state index contributed by atoms with van der Waals surface area (Å²) in [6.45, 7) is 2.32. The van der Waals surface area contributed by atoms with E-state index in [4.69, 9.17) is 0 Å². The van der Waals surface area contributed by atoms with Crippen LogP contribution in [0.5, 0.6) is 0 Å². The van der Waals surface area contributed by atoms with Crippen molar-refractivity contribution in [3.63, 3.8) is 0 Å². The van der Waals surface area contributed by atoms with Crippen molar-refractivity contribution < 1.29 is 19.3 Å². The highest BCUT2D eigenvalue weighted by molar-refractivity contribution is 7.80. The third-order valence-electron chi connectivity index (χ3n) is 2.89. The van der Waals surface area contributed by atoms with Gasteiger partial charge in [-0.05, 0) is 12.7 Å². The maximum atomic E-state index is 11.4. The Kier molecular flexibility index (Phi) is 3.98. The van der Waals surface area contributed by atoms with E-state index in [0.29, 0.717) is 12.3 Å². The van der Waals surface area contributed by atoms with Gasteiger partial charge in [0.1, 0.15) is 12.6 Å². The first kappa shape index (κ1) is 12.3. The van der Waals surface area contributed by atoms with Gasteiger partial charge in [0, 0.05) is 19.3 Å². The lowest BCUT2D eigenvalue weighted by Gasteiger charge is -2.31. The lowest BCUT2D eigenvalue weighted by atomic mass is 10.2. The van der Waals surface area contributed by atoms with Gasteiger partial charge in [-0.15, -0.1) is 4.59 Å². The van der Waals surface area contributed by atoms with E-state index in [2.05, 4.69) is 18.1 Å². The van der Waals surface area contributed by atoms with E-state index in [1.807, 2.05) is 6.92 Å². The Morgan fingerprint density at radius 2 is 2.27 bits per heavy atom. The van der Waals surface area contributed by atoms with Crippen molar-refractivity contribution in [2.75, 3.05) is 12.3 Å². The molecule has 1 heterocycles. The molecule has 0 radical (unpaired) electrons. The predicted octanol–water partition coefficient (Wildman–Crippen LogP) is 1.01. The molecule has 0 aromatic heterocycles. The molecule has 1 saturated heterocycles. The van der Waals surface area contributed by atoms with Crippen LogP contribution in [-0.4, -0.2) is 40.0 Å². The molecule has 86 valence electrons. The van der Waals surface area contributed by atoms with Crippen LogP contribution in [0.25, 0.3) is 0 Å². The van der Waals surface area contributed by atoms with Gasteiger partial charge < -0.3 is 5.11 Å². The van der Waals surface area contributed by atoms with E-state index in [0.717, 1.165) is 12.8 Å². The van der Waals surface area contributed by atoms with Gasteiger partial charge >= 0.3 is 6.09 Å². The number of nitrogens with zero attached hydrogens (tertiary/aromatic N) is 1. The maximum Gasteiger partial charge on any atom is 0.539 e. The van der Waals surface area contributed by atoms with E-state index in [1.54, 1.807) is 0 Å². The fourth-order valence-electron chi connectivity index (χ4n) is 1.95. The van der Waals surface area contributed by atoms with Crippen LogP contribution in [0.2, 0.25) is 0 Å². The van der Waals surface area contributed by atoms with Crippen LogP contribution in [0.1, 0.15) is 26.2 Å². The van der Waals surface area contributed by atoms with Crippen LogP contribution in [0, 0.1) is 0 Å². The number of likely N-dealkylation sites (tertiary alicyclic amines) is 1. The second kappa shape index (κ2) is 4.85. The molecular formula is C9H17N2O3S+. The zero-order chi connectivity index (χ0) is 11.5. The molecule has 0 aromatic carbocycles. The van der Waals surface area contributed by atoms with Crippen molar-refractivity contribution in [1.82, 2.24) is 5.43 Å². The first-order chi connectivity index (χ1) is 7.03. The molecule has 2 N–H and O–H groups in total. The summed E-state index contributed by atoms with van der Waals surface area (Å²) >= 11 is 3.94. The van der Waals surface area contributed by atoms with Gasteiger partial charge in [0.05, 0.1) is 0 Å². The van der Waals surface area contributed by atoms with Gasteiger partial charge in [-0.1, -0.05) is 0 Å². The Morgan fingerprint density at radius 3 is 2.67 bits per heavy atom. The molecule has 1 aliphatic heterocycles. The maximum absolute atomic E-state index is 11.4. The molecule has 0 aromatic rings. The normalized spacial score (nSPS) is 30.1. The van der Waals surface area contributed by atoms with Gasteiger partial charge in [-0.2, -0.15) is 22.8 Å². The molecule has 1 fully saturated rings.